The number of carbonyl (C=O) groups is 2. The first kappa shape index (κ1) is 11.9. The number of carbonyl (C=O) groups excluding carboxylic acids is 2. The average molecular weight is 245 g/mol. The van der Waals surface area contributed by atoms with E-state index < -0.39 is 0 Å². The maximum absolute atomic E-state index is 11.6. The molecule has 4 nitrogen and oxygen atoms in total. The number of nitrogens with zero attached hydrogens (tertiary/aromatic N) is 1. The van der Waals surface area contributed by atoms with E-state index in [1.807, 2.05) is 0 Å². The van der Waals surface area contributed by atoms with Crippen LogP contribution in [0.5, 0.6) is 0 Å². The van der Waals surface area contributed by atoms with Crippen LogP contribution in [0.15, 0.2) is 0 Å². The van der Waals surface area contributed by atoms with Gasteiger partial charge in [0.1, 0.15) is 0 Å². The van der Waals surface area contributed by atoms with Crippen LogP contribution in [0, 0.1) is 0 Å². The van der Waals surface area contributed by atoms with Gasteiger partial charge in [-0.2, -0.15) is 0 Å². The fourth-order valence-corrected chi connectivity index (χ4v) is 3.24. The molecule has 0 aromatic rings. The fourth-order valence-electron chi connectivity index (χ4n) is 3.24. The molecule has 5 heteroatoms. The Labute approximate surface area is 101 Å². The van der Waals surface area contributed by atoms with E-state index in [9.17, 15) is 9.59 Å². The van der Waals surface area contributed by atoms with E-state index in [0.29, 0.717) is 24.9 Å². The first-order valence-electron chi connectivity index (χ1n) is 5.85. The van der Waals surface area contributed by atoms with Crippen molar-refractivity contribution in [3.05, 3.63) is 0 Å². The second kappa shape index (κ2) is 4.34. The monoisotopic (exact) mass is 244 g/mol. The van der Waals surface area contributed by atoms with Crippen LogP contribution in [0.4, 0.5) is 0 Å². The van der Waals surface area contributed by atoms with Crippen LogP contribution < -0.4 is 5.32 Å². The van der Waals surface area contributed by atoms with E-state index in [-0.39, 0.29) is 30.3 Å². The van der Waals surface area contributed by atoms with Gasteiger partial charge in [0.2, 0.25) is 11.8 Å². The molecule has 3 fully saturated rings. The number of fused-ring (bicyclic) bond motifs is 2. The molecule has 0 saturated carbocycles. The van der Waals surface area contributed by atoms with Gasteiger partial charge in [-0.3, -0.25) is 14.5 Å². The van der Waals surface area contributed by atoms with Gasteiger partial charge >= 0.3 is 0 Å². The van der Waals surface area contributed by atoms with Crippen molar-refractivity contribution in [2.45, 2.75) is 56.7 Å². The molecule has 2 unspecified atom stereocenters. The molecular weight excluding hydrogens is 228 g/mol. The lowest BCUT2D eigenvalue weighted by Crippen LogP contribution is -2.49. The molecule has 0 aromatic heterocycles. The maximum atomic E-state index is 11.6. The number of imide groups is 1. The van der Waals surface area contributed by atoms with E-state index in [0.717, 1.165) is 12.8 Å². The maximum Gasteiger partial charge on any atom is 0.229 e. The van der Waals surface area contributed by atoms with Gasteiger partial charge in [0.25, 0.3) is 0 Å². The minimum atomic E-state index is 0. The summed E-state index contributed by atoms with van der Waals surface area (Å²) in [6.07, 6.45) is 5.20. The molecule has 90 valence electrons. The molecule has 2 amide bonds. The van der Waals surface area contributed by atoms with Crippen LogP contribution in [-0.2, 0) is 9.59 Å². The summed E-state index contributed by atoms with van der Waals surface area (Å²) in [5.74, 6) is 0.0950. The van der Waals surface area contributed by atoms with E-state index in [2.05, 4.69) is 5.32 Å². The van der Waals surface area contributed by atoms with Crippen molar-refractivity contribution < 1.29 is 9.59 Å². The molecule has 0 spiro atoms. The second-order valence-corrected chi connectivity index (χ2v) is 4.92. The molecule has 2 bridgehead atoms. The highest BCUT2D eigenvalue weighted by Crippen LogP contribution is 2.31. The zero-order valence-corrected chi connectivity index (χ0v) is 9.96. The van der Waals surface area contributed by atoms with Crippen LogP contribution in [0.1, 0.15) is 38.5 Å². The summed E-state index contributed by atoms with van der Waals surface area (Å²) < 4.78 is 0. The third kappa shape index (κ3) is 1.84. The Balaban J connectivity index is 0.000000963. The van der Waals surface area contributed by atoms with Gasteiger partial charge in [0.05, 0.1) is 0 Å². The molecule has 1 N–H and O–H groups in total. The van der Waals surface area contributed by atoms with Gasteiger partial charge in [-0.15, -0.1) is 12.4 Å². The normalized spacial score (nSPS) is 37.8. The van der Waals surface area contributed by atoms with Crippen molar-refractivity contribution in [3.63, 3.8) is 0 Å². The predicted octanol–water partition coefficient (Wildman–Crippen LogP) is 0.840. The summed E-state index contributed by atoms with van der Waals surface area (Å²) in [6, 6.07) is 1.26. The molecule has 3 aliphatic heterocycles. The van der Waals surface area contributed by atoms with Gasteiger partial charge < -0.3 is 5.32 Å². The quantitative estimate of drug-likeness (QED) is 0.696. The molecule has 0 aromatic carbocycles. The molecule has 16 heavy (non-hydrogen) atoms. The van der Waals surface area contributed by atoms with E-state index >= 15 is 0 Å². The van der Waals surface area contributed by atoms with Gasteiger partial charge in [-0.25, -0.2) is 0 Å². The Morgan fingerprint density at radius 3 is 2.00 bits per heavy atom. The van der Waals surface area contributed by atoms with Crippen LogP contribution in [-0.4, -0.2) is 34.8 Å². The number of amides is 2. The number of nitrogens with one attached hydrogen (secondary N) is 1. The Morgan fingerprint density at radius 2 is 1.50 bits per heavy atom. The predicted molar refractivity (Wildman–Crippen MR) is 61.3 cm³/mol. The highest BCUT2D eigenvalue weighted by atomic mass is 35.5. The van der Waals surface area contributed by atoms with Crippen LogP contribution >= 0.6 is 12.4 Å². The smallest absolute Gasteiger partial charge is 0.229 e. The zero-order chi connectivity index (χ0) is 10.4. The molecule has 3 saturated heterocycles. The average Bonchev–Trinajstić information content (AvgIpc) is 2.71. The standard InChI is InChI=1S/C11H16N2O2.ClH/c14-10-3-4-11(15)13(10)9-5-7-1-2-8(6-9)12-7;/h7-9,12H,1-6H2;1H. The lowest BCUT2D eigenvalue weighted by atomic mass is 9.98. The number of likely N-dealkylation sites (tertiary alicyclic amines) is 1. The summed E-state index contributed by atoms with van der Waals surface area (Å²) in [7, 11) is 0. The number of piperidine rings is 1. The number of hydrogen-bond acceptors (Lipinski definition) is 3. The third-order valence-corrected chi connectivity index (χ3v) is 3.90. The largest absolute Gasteiger partial charge is 0.311 e. The summed E-state index contributed by atoms with van der Waals surface area (Å²) in [4.78, 5) is 24.8. The van der Waals surface area contributed by atoms with Crippen LogP contribution in [0.25, 0.3) is 0 Å². The van der Waals surface area contributed by atoms with Crippen molar-refractivity contribution in [3.8, 4) is 0 Å². The molecule has 2 atom stereocenters. The minimum Gasteiger partial charge on any atom is -0.311 e. The highest BCUT2D eigenvalue weighted by molar-refractivity contribution is 6.02. The minimum absolute atomic E-state index is 0. The number of rotatable bonds is 1. The number of halogens is 1. The Bertz CT molecular complexity index is 293. The molecule has 0 radical (unpaired) electrons. The first-order valence-corrected chi connectivity index (χ1v) is 5.85. The lowest BCUT2D eigenvalue weighted by Gasteiger charge is -2.34. The van der Waals surface area contributed by atoms with Gasteiger partial charge in [0.15, 0.2) is 0 Å². The summed E-state index contributed by atoms with van der Waals surface area (Å²) in [6.45, 7) is 0. The van der Waals surface area contributed by atoms with E-state index in [4.69, 9.17) is 0 Å². The molecule has 3 heterocycles. The molecule has 3 rings (SSSR count). The van der Waals surface area contributed by atoms with Crippen LogP contribution in [0.2, 0.25) is 0 Å². The topological polar surface area (TPSA) is 49.4 Å². The SMILES string of the molecule is Cl.O=C1CCC(=O)N1C1CC2CCC(C1)N2. The van der Waals surface area contributed by atoms with Crippen molar-refractivity contribution in [1.82, 2.24) is 10.2 Å². The van der Waals surface area contributed by atoms with Crippen molar-refractivity contribution in [2.24, 2.45) is 0 Å². The summed E-state index contributed by atoms with van der Waals surface area (Å²) in [5.41, 5.74) is 0. The highest BCUT2D eigenvalue weighted by Gasteiger charge is 2.41. The van der Waals surface area contributed by atoms with Crippen molar-refractivity contribution >= 4 is 24.2 Å². The Morgan fingerprint density at radius 1 is 1.00 bits per heavy atom. The molecule has 0 aliphatic carbocycles. The number of hydrogen-bond donors (Lipinski definition) is 1. The summed E-state index contributed by atoms with van der Waals surface area (Å²) in [5, 5.41) is 3.52. The second-order valence-electron chi connectivity index (χ2n) is 4.92. The van der Waals surface area contributed by atoms with Crippen molar-refractivity contribution in [1.29, 1.82) is 0 Å². The summed E-state index contributed by atoms with van der Waals surface area (Å²) >= 11 is 0. The van der Waals surface area contributed by atoms with Crippen LogP contribution in [0.3, 0.4) is 0 Å². The molecule has 3 aliphatic rings. The Hall–Kier alpha value is -0.610. The van der Waals surface area contributed by atoms with E-state index in [1.165, 1.54) is 12.8 Å². The molecular formula is C11H17ClN2O2. The van der Waals surface area contributed by atoms with Gasteiger partial charge in [0, 0.05) is 31.0 Å². The third-order valence-electron chi connectivity index (χ3n) is 3.90. The fraction of sp³-hybridized carbons (Fsp3) is 0.818. The van der Waals surface area contributed by atoms with Gasteiger partial charge in [-0.05, 0) is 25.7 Å². The Kier molecular flexibility index (Phi) is 3.22. The first-order chi connectivity index (χ1) is 7.24. The lowest BCUT2D eigenvalue weighted by molar-refractivity contribution is -0.141. The van der Waals surface area contributed by atoms with E-state index in [1.54, 1.807) is 4.90 Å². The van der Waals surface area contributed by atoms with Gasteiger partial charge in [-0.1, -0.05) is 0 Å². The van der Waals surface area contributed by atoms with Crippen molar-refractivity contribution in [2.75, 3.05) is 0 Å². The zero-order valence-electron chi connectivity index (χ0n) is 9.15.